The SMILES string of the molecule is CCN(C(=O)N1CCC(CC(=O)N2CCN(C)CC2)CC1)C(C)C. The first-order chi connectivity index (χ1) is 11.4. The molecular weight excluding hydrogens is 304 g/mol. The number of nitrogens with zero attached hydrogens (tertiary/aromatic N) is 4. The van der Waals surface area contributed by atoms with Gasteiger partial charge in [0.25, 0.3) is 0 Å². The van der Waals surface area contributed by atoms with Crippen LogP contribution in [0.15, 0.2) is 0 Å². The zero-order valence-corrected chi connectivity index (χ0v) is 15.8. The summed E-state index contributed by atoms with van der Waals surface area (Å²) in [6, 6.07) is 0.385. The molecule has 0 atom stereocenters. The maximum Gasteiger partial charge on any atom is 0.320 e. The Kier molecular flexibility index (Phi) is 6.90. The minimum absolute atomic E-state index is 0.149. The predicted molar refractivity (Wildman–Crippen MR) is 95.9 cm³/mol. The van der Waals surface area contributed by atoms with Gasteiger partial charge in [0, 0.05) is 58.3 Å². The van der Waals surface area contributed by atoms with Gasteiger partial charge in [-0.05, 0) is 46.6 Å². The van der Waals surface area contributed by atoms with E-state index >= 15 is 0 Å². The van der Waals surface area contributed by atoms with E-state index in [1.54, 1.807) is 0 Å². The number of amides is 3. The van der Waals surface area contributed by atoms with Crippen molar-refractivity contribution in [1.29, 1.82) is 0 Å². The number of piperazine rings is 1. The summed E-state index contributed by atoms with van der Waals surface area (Å²) in [6.07, 6.45) is 2.54. The normalized spacial score (nSPS) is 20.5. The fraction of sp³-hybridized carbons (Fsp3) is 0.889. The average molecular weight is 338 g/mol. The number of carbonyl (C=O) groups is 2. The number of hydrogen-bond donors (Lipinski definition) is 0. The van der Waals surface area contributed by atoms with Crippen LogP contribution in [-0.2, 0) is 4.79 Å². The Balaban J connectivity index is 1.76. The molecule has 0 saturated carbocycles. The van der Waals surface area contributed by atoms with Gasteiger partial charge in [-0.3, -0.25) is 4.79 Å². The molecule has 2 aliphatic heterocycles. The van der Waals surface area contributed by atoms with Crippen LogP contribution in [0.4, 0.5) is 4.79 Å². The molecular formula is C18H34N4O2. The summed E-state index contributed by atoms with van der Waals surface area (Å²) in [5.41, 5.74) is 0. The van der Waals surface area contributed by atoms with Crippen molar-refractivity contribution in [3.63, 3.8) is 0 Å². The maximum absolute atomic E-state index is 12.5. The van der Waals surface area contributed by atoms with Gasteiger partial charge in [0.15, 0.2) is 0 Å². The molecule has 2 aliphatic rings. The predicted octanol–water partition coefficient (Wildman–Crippen LogP) is 1.71. The fourth-order valence-electron chi connectivity index (χ4n) is 3.66. The summed E-state index contributed by atoms with van der Waals surface area (Å²) < 4.78 is 0. The highest BCUT2D eigenvalue weighted by Crippen LogP contribution is 2.23. The van der Waals surface area contributed by atoms with E-state index in [9.17, 15) is 9.59 Å². The molecule has 138 valence electrons. The molecule has 0 spiro atoms. The average Bonchev–Trinajstić information content (AvgIpc) is 2.56. The van der Waals surface area contributed by atoms with E-state index in [2.05, 4.69) is 25.8 Å². The van der Waals surface area contributed by atoms with Crippen LogP contribution in [-0.4, -0.2) is 90.4 Å². The van der Waals surface area contributed by atoms with Gasteiger partial charge in [-0.15, -0.1) is 0 Å². The molecule has 24 heavy (non-hydrogen) atoms. The van der Waals surface area contributed by atoms with E-state index in [1.165, 1.54) is 0 Å². The van der Waals surface area contributed by atoms with Crippen molar-refractivity contribution in [1.82, 2.24) is 19.6 Å². The molecule has 0 aromatic rings. The largest absolute Gasteiger partial charge is 0.340 e. The minimum Gasteiger partial charge on any atom is -0.340 e. The van der Waals surface area contributed by atoms with E-state index < -0.39 is 0 Å². The van der Waals surface area contributed by atoms with Crippen molar-refractivity contribution in [2.45, 2.75) is 46.1 Å². The van der Waals surface area contributed by atoms with Gasteiger partial charge in [0.1, 0.15) is 0 Å². The highest BCUT2D eigenvalue weighted by molar-refractivity contribution is 5.77. The molecule has 6 heteroatoms. The highest BCUT2D eigenvalue weighted by Gasteiger charge is 2.29. The Bertz CT molecular complexity index is 425. The summed E-state index contributed by atoms with van der Waals surface area (Å²) in [5.74, 6) is 0.723. The van der Waals surface area contributed by atoms with Gasteiger partial charge in [-0.1, -0.05) is 0 Å². The summed E-state index contributed by atoms with van der Waals surface area (Å²) >= 11 is 0. The Morgan fingerprint density at radius 3 is 2.08 bits per heavy atom. The second-order valence-electron chi connectivity index (χ2n) is 7.48. The first-order valence-corrected chi connectivity index (χ1v) is 9.44. The van der Waals surface area contributed by atoms with Gasteiger partial charge in [-0.2, -0.15) is 0 Å². The molecule has 2 rings (SSSR count). The van der Waals surface area contributed by atoms with Gasteiger partial charge < -0.3 is 19.6 Å². The summed E-state index contributed by atoms with van der Waals surface area (Å²) in [7, 11) is 2.10. The van der Waals surface area contributed by atoms with Gasteiger partial charge >= 0.3 is 6.03 Å². The first-order valence-electron chi connectivity index (χ1n) is 9.44. The molecule has 0 N–H and O–H groups in total. The molecule has 2 fully saturated rings. The van der Waals surface area contributed by atoms with Crippen molar-refractivity contribution < 1.29 is 9.59 Å². The third kappa shape index (κ3) is 4.85. The first kappa shape index (κ1) is 19.0. The lowest BCUT2D eigenvalue weighted by Crippen LogP contribution is -2.50. The zero-order valence-electron chi connectivity index (χ0n) is 15.8. The summed E-state index contributed by atoms with van der Waals surface area (Å²) in [6.45, 7) is 12.1. The molecule has 2 saturated heterocycles. The quantitative estimate of drug-likeness (QED) is 0.784. The second-order valence-corrected chi connectivity index (χ2v) is 7.48. The minimum atomic E-state index is 0.149. The van der Waals surface area contributed by atoms with E-state index in [1.807, 2.05) is 21.6 Å². The van der Waals surface area contributed by atoms with Crippen LogP contribution in [0.1, 0.15) is 40.0 Å². The van der Waals surface area contributed by atoms with Crippen LogP contribution < -0.4 is 0 Å². The van der Waals surface area contributed by atoms with Crippen molar-refractivity contribution in [2.24, 2.45) is 5.92 Å². The number of carbonyl (C=O) groups excluding carboxylic acids is 2. The van der Waals surface area contributed by atoms with Crippen molar-refractivity contribution >= 4 is 11.9 Å². The number of likely N-dealkylation sites (N-methyl/N-ethyl adjacent to an activating group) is 1. The van der Waals surface area contributed by atoms with Crippen molar-refractivity contribution in [3.8, 4) is 0 Å². The lowest BCUT2D eigenvalue weighted by atomic mass is 9.93. The number of hydrogen-bond acceptors (Lipinski definition) is 3. The molecule has 0 unspecified atom stereocenters. The summed E-state index contributed by atoms with van der Waals surface area (Å²) in [5, 5.41) is 0. The number of urea groups is 1. The lowest BCUT2D eigenvalue weighted by Gasteiger charge is -2.38. The Labute approximate surface area is 146 Å². The molecule has 6 nitrogen and oxygen atoms in total. The Hall–Kier alpha value is -1.30. The van der Waals surface area contributed by atoms with E-state index in [0.29, 0.717) is 18.2 Å². The van der Waals surface area contributed by atoms with Crippen LogP contribution in [0, 0.1) is 5.92 Å². The smallest absolute Gasteiger partial charge is 0.320 e. The summed E-state index contributed by atoms with van der Waals surface area (Å²) in [4.78, 5) is 33.1. The monoisotopic (exact) mass is 338 g/mol. The van der Waals surface area contributed by atoms with Crippen LogP contribution in [0.25, 0.3) is 0 Å². The highest BCUT2D eigenvalue weighted by atomic mass is 16.2. The fourth-order valence-corrected chi connectivity index (χ4v) is 3.66. The molecule has 0 aromatic heterocycles. The molecule has 0 radical (unpaired) electrons. The van der Waals surface area contributed by atoms with Gasteiger partial charge in [0.05, 0.1) is 0 Å². The van der Waals surface area contributed by atoms with Crippen LogP contribution >= 0.6 is 0 Å². The molecule has 2 heterocycles. The third-order valence-corrected chi connectivity index (χ3v) is 5.41. The van der Waals surface area contributed by atoms with Crippen LogP contribution in [0.2, 0.25) is 0 Å². The number of piperidine rings is 1. The third-order valence-electron chi connectivity index (χ3n) is 5.41. The standard InChI is InChI=1S/C18H34N4O2/c1-5-22(15(2)3)18(24)21-8-6-16(7-9-21)14-17(23)20-12-10-19(4)11-13-20/h15-16H,5-14H2,1-4H3. The maximum atomic E-state index is 12.5. The Morgan fingerprint density at radius 1 is 1.00 bits per heavy atom. The molecule has 0 aliphatic carbocycles. The second kappa shape index (κ2) is 8.70. The number of likely N-dealkylation sites (tertiary alicyclic amines) is 1. The Morgan fingerprint density at radius 2 is 1.58 bits per heavy atom. The topological polar surface area (TPSA) is 47.1 Å². The zero-order chi connectivity index (χ0) is 17.7. The molecule has 0 bridgehead atoms. The van der Waals surface area contributed by atoms with Crippen molar-refractivity contribution in [3.05, 3.63) is 0 Å². The van der Waals surface area contributed by atoms with E-state index in [4.69, 9.17) is 0 Å². The number of rotatable bonds is 4. The van der Waals surface area contributed by atoms with E-state index in [0.717, 1.165) is 58.7 Å². The van der Waals surface area contributed by atoms with Crippen molar-refractivity contribution in [2.75, 3.05) is 52.9 Å². The van der Waals surface area contributed by atoms with Gasteiger partial charge in [0.2, 0.25) is 5.91 Å². The van der Waals surface area contributed by atoms with Crippen LogP contribution in [0.5, 0.6) is 0 Å². The van der Waals surface area contributed by atoms with Crippen LogP contribution in [0.3, 0.4) is 0 Å². The molecule has 3 amide bonds. The van der Waals surface area contributed by atoms with Gasteiger partial charge in [-0.25, -0.2) is 4.79 Å². The lowest BCUT2D eigenvalue weighted by molar-refractivity contribution is -0.134. The molecule has 0 aromatic carbocycles. The van der Waals surface area contributed by atoms with E-state index in [-0.39, 0.29) is 12.1 Å².